The lowest BCUT2D eigenvalue weighted by molar-refractivity contribution is -0.121. The third kappa shape index (κ3) is 5.35. The summed E-state index contributed by atoms with van der Waals surface area (Å²) in [5.41, 5.74) is 4.39. The van der Waals surface area contributed by atoms with Crippen LogP contribution in [0.15, 0.2) is 66.7 Å². The summed E-state index contributed by atoms with van der Waals surface area (Å²) >= 11 is 6.27. The average molecular weight is 451 g/mol. The first-order valence-corrected chi connectivity index (χ1v) is 11.0. The van der Waals surface area contributed by atoms with Crippen molar-refractivity contribution in [1.29, 1.82) is 0 Å². The van der Waals surface area contributed by atoms with Gasteiger partial charge in [-0.3, -0.25) is 4.79 Å². The molecule has 0 bridgehead atoms. The number of ether oxygens (including phenoxy) is 2. The van der Waals surface area contributed by atoms with E-state index in [9.17, 15) is 4.79 Å². The van der Waals surface area contributed by atoms with E-state index in [1.54, 1.807) is 20.3 Å². The lowest BCUT2D eigenvalue weighted by Crippen LogP contribution is -2.48. The van der Waals surface area contributed by atoms with Gasteiger partial charge in [0.1, 0.15) is 11.5 Å². The number of halogens is 1. The maximum absolute atomic E-state index is 12.9. The zero-order valence-corrected chi connectivity index (χ0v) is 19.1. The van der Waals surface area contributed by atoms with Crippen LogP contribution in [-0.4, -0.2) is 32.7 Å². The molecule has 1 amide bonds. The minimum absolute atomic E-state index is 0.00955. The van der Waals surface area contributed by atoms with Gasteiger partial charge < -0.3 is 19.7 Å². The van der Waals surface area contributed by atoms with Crippen LogP contribution in [0.4, 0.5) is 5.69 Å². The number of carbonyl (C=O) groups excluding carboxylic acids is 1. The number of hydrogen-bond acceptors (Lipinski definition) is 4. The monoisotopic (exact) mass is 450 g/mol. The molecule has 5 nitrogen and oxygen atoms in total. The minimum atomic E-state index is -0.0320. The first-order chi connectivity index (χ1) is 15.5. The Labute approximate surface area is 193 Å². The molecule has 32 heavy (non-hydrogen) atoms. The van der Waals surface area contributed by atoms with E-state index in [4.69, 9.17) is 21.1 Å². The summed E-state index contributed by atoms with van der Waals surface area (Å²) < 4.78 is 10.6. The molecule has 1 aliphatic rings. The smallest absolute Gasteiger partial charge is 0.224 e. The molecule has 0 aromatic heterocycles. The summed E-state index contributed by atoms with van der Waals surface area (Å²) in [6.07, 6.45) is 1.000. The van der Waals surface area contributed by atoms with Gasteiger partial charge in [-0.15, -0.1) is 0 Å². The number of nitrogens with zero attached hydrogens (tertiary/aromatic N) is 1. The molecule has 4 rings (SSSR count). The Bertz CT molecular complexity index is 1070. The molecule has 0 fully saturated rings. The molecule has 0 radical (unpaired) electrons. The number of rotatable bonds is 7. The molecule has 0 saturated carbocycles. The van der Waals surface area contributed by atoms with Crippen molar-refractivity contribution in [3.05, 3.63) is 88.4 Å². The molecule has 0 saturated heterocycles. The Morgan fingerprint density at radius 2 is 1.72 bits per heavy atom. The molecule has 6 heteroatoms. The highest BCUT2D eigenvalue weighted by Gasteiger charge is 2.26. The Balaban J connectivity index is 1.49. The first kappa shape index (κ1) is 22.0. The molecule has 0 spiro atoms. The van der Waals surface area contributed by atoms with Gasteiger partial charge in [0.25, 0.3) is 0 Å². The SMILES string of the molecule is COc1cc(CC(=O)NC2Cc3cc(Cl)ccc3N(Cc3ccccc3)C2)cc(OC)c1. The summed E-state index contributed by atoms with van der Waals surface area (Å²) in [4.78, 5) is 15.2. The summed E-state index contributed by atoms with van der Waals surface area (Å²) in [6.45, 7) is 1.51. The largest absolute Gasteiger partial charge is 0.497 e. The van der Waals surface area contributed by atoms with Gasteiger partial charge in [-0.1, -0.05) is 41.9 Å². The van der Waals surface area contributed by atoms with E-state index in [0.29, 0.717) is 16.5 Å². The molecule has 1 unspecified atom stereocenters. The van der Waals surface area contributed by atoms with E-state index in [-0.39, 0.29) is 18.4 Å². The average Bonchev–Trinajstić information content (AvgIpc) is 2.79. The van der Waals surface area contributed by atoms with Crippen molar-refractivity contribution < 1.29 is 14.3 Å². The fraction of sp³-hybridized carbons (Fsp3) is 0.269. The van der Waals surface area contributed by atoms with Gasteiger partial charge in [0.15, 0.2) is 0 Å². The highest BCUT2D eigenvalue weighted by molar-refractivity contribution is 6.30. The number of nitrogens with one attached hydrogen (secondary N) is 1. The van der Waals surface area contributed by atoms with E-state index in [2.05, 4.69) is 28.4 Å². The molecule has 1 N–H and O–H groups in total. The third-order valence-corrected chi connectivity index (χ3v) is 5.88. The van der Waals surface area contributed by atoms with E-state index in [1.165, 1.54) is 11.3 Å². The summed E-state index contributed by atoms with van der Waals surface area (Å²) in [7, 11) is 3.20. The van der Waals surface area contributed by atoms with Crippen molar-refractivity contribution in [2.24, 2.45) is 0 Å². The fourth-order valence-electron chi connectivity index (χ4n) is 4.20. The summed E-state index contributed by atoms with van der Waals surface area (Å²) in [6, 6.07) is 21.8. The van der Waals surface area contributed by atoms with Gasteiger partial charge in [-0.05, 0) is 53.4 Å². The highest BCUT2D eigenvalue weighted by Crippen LogP contribution is 2.31. The standard InChI is InChI=1S/C26H27ClN2O3/c1-31-23-10-19(11-24(15-23)32-2)12-26(30)28-22-14-20-13-21(27)8-9-25(20)29(17-22)16-18-6-4-3-5-7-18/h3-11,13,15,22H,12,14,16-17H2,1-2H3,(H,28,30). The van der Waals surface area contributed by atoms with Crippen LogP contribution in [0.2, 0.25) is 5.02 Å². The lowest BCUT2D eigenvalue weighted by Gasteiger charge is -2.36. The summed E-state index contributed by atoms with van der Waals surface area (Å²) in [5.74, 6) is 1.31. The molecular formula is C26H27ClN2O3. The van der Waals surface area contributed by atoms with E-state index in [0.717, 1.165) is 30.6 Å². The fourth-order valence-corrected chi connectivity index (χ4v) is 4.40. The molecule has 166 valence electrons. The second-order valence-electron chi connectivity index (χ2n) is 8.01. The lowest BCUT2D eigenvalue weighted by atomic mass is 9.97. The predicted molar refractivity (Wildman–Crippen MR) is 128 cm³/mol. The Morgan fingerprint density at radius 1 is 1.00 bits per heavy atom. The topological polar surface area (TPSA) is 50.8 Å². The maximum atomic E-state index is 12.9. The van der Waals surface area contributed by atoms with E-state index in [1.807, 2.05) is 42.5 Å². The van der Waals surface area contributed by atoms with Gasteiger partial charge >= 0.3 is 0 Å². The molecule has 0 aliphatic carbocycles. The zero-order chi connectivity index (χ0) is 22.5. The van der Waals surface area contributed by atoms with Crippen LogP contribution in [0.3, 0.4) is 0 Å². The number of amides is 1. The maximum Gasteiger partial charge on any atom is 0.224 e. The van der Waals surface area contributed by atoms with E-state index < -0.39 is 0 Å². The van der Waals surface area contributed by atoms with Gasteiger partial charge in [0.05, 0.1) is 26.7 Å². The van der Waals surface area contributed by atoms with Crippen molar-refractivity contribution in [1.82, 2.24) is 5.32 Å². The molecule has 1 atom stereocenters. The molecule has 3 aromatic rings. The second kappa shape index (κ2) is 9.96. The van der Waals surface area contributed by atoms with Gasteiger partial charge in [0.2, 0.25) is 5.91 Å². The molecular weight excluding hydrogens is 424 g/mol. The minimum Gasteiger partial charge on any atom is -0.497 e. The van der Waals surface area contributed by atoms with Crippen LogP contribution in [-0.2, 0) is 24.2 Å². The molecule has 1 heterocycles. The number of carbonyl (C=O) groups is 1. The predicted octanol–water partition coefficient (Wildman–Crippen LogP) is 4.65. The quantitative estimate of drug-likeness (QED) is 0.569. The normalized spacial score (nSPS) is 15.1. The Hall–Kier alpha value is -3.18. The van der Waals surface area contributed by atoms with Crippen LogP contribution in [0.5, 0.6) is 11.5 Å². The number of anilines is 1. The number of hydrogen-bond donors (Lipinski definition) is 1. The van der Waals surface area contributed by atoms with Crippen LogP contribution < -0.4 is 19.7 Å². The van der Waals surface area contributed by atoms with Gasteiger partial charge in [-0.2, -0.15) is 0 Å². The molecule has 3 aromatic carbocycles. The van der Waals surface area contributed by atoms with E-state index >= 15 is 0 Å². The van der Waals surface area contributed by atoms with Crippen LogP contribution in [0, 0.1) is 0 Å². The van der Waals surface area contributed by atoms with Gasteiger partial charge in [0, 0.05) is 29.9 Å². The Kier molecular flexibility index (Phi) is 6.86. The number of benzene rings is 3. The van der Waals surface area contributed by atoms with Crippen molar-refractivity contribution in [2.75, 3.05) is 25.7 Å². The number of methoxy groups -OCH3 is 2. The van der Waals surface area contributed by atoms with Crippen molar-refractivity contribution in [3.63, 3.8) is 0 Å². The second-order valence-corrected chi connectivity index (χ2v) is 8.44. The van der Waals surface area contributed by atoms with Crippen molar-refractivity contribution in [2.45, 2.75) is 25.4 Å². The van der Waals surface area contributed by atoms with Gasteiger partial charge in [-0.25, -0.2) is 0 Å². The number of fused-ring (bicyclic) bond motifs is 1. The molecule has 1 aliphatic heterocycles. The van der Waals surface area contributed by atoms with Crippen LogP contribution in [0.25, 0.3) is 0 Å². The highest BCUT2D eigenvalue weighted by atomic mass is 35.5. The summed E-state index contributed by atoms with van der Waals surface area (Å²) in [5, 5.41) is 3.92. The zero-order valence-electron chi connectivity index (χ0n) is 18.3. The van der Waals surface area contributed by atoms with Crippen LogP contribution in [0.1, 0.15) is 16.7 Å². The Morgan fingerprint density at radius 3 is 2.41 bits per heavy atom. The van der Waals surface area contributed by atoms with Crippen LogP contribution >= 0.6 is 11.6 Å². The third-order valence-electron chi connectivity index (χ3n) is 5.65. The van der Waals surface area contributed by atoms with Crippen molar-refractivity contribution >= 4 is 23.2 Å². The first-order valence-electron chi connectivity index (χ1n) is 10.6. The van der Waals surface area contributed by atoms with Crippen molar-refractivity contribution in [3.8, 4) is 11.5 Å².